The van der Waals surface area contributed by atoms with E-state index in [1.807, 2.05) is 35.0 Å². The highest BCUT2D eigenvalue weighted by Crippen LogP contribution is 2.27. The highest BCUT2D eigenvalue weighted by Gasteiger charge is 2.20. The second kappa shape index (κ2) is 10.9. The third kappa shape index (κ3) is 5.50. The Morgan fingerprint density at radius 2 is 2.16 bits per heavy atom. The van der Waals surface area contributed by atoms with Crippen molar-refractivity contribution >= 4 is 5.97 Å². The summed E-state index contributed by atoms with van der Waals surface area (Å²) in [5.74, 6) is 0.315. The minimum absolute atomic E-state index is 0.0255. The summed E-state index contributed by atoms with van der Waals surface area (Å²) in [7, 11) is 0. The molecule has 1 saturated heterocycles. The number of carbonyl (C=O) groups is 1. The first-order chi connectivity index (χ1) is 15.7. The predicted molar refractivity (Wildman–Crippen MR) is 118 cm³/mol. The molecule has 3 aromatic rings. The Morgan fingerprint density at radius 1 is 1.22 bits per heavy atom. The average molecular weight is 437 g/mol. The lowest BCUT2D eigenvalue weighted by Crippen LogP contribution is -2.20. The SMILES string of the molecule is CCOC(=O)c1cccc(CCCOc2ccc(-c3ccnn3C3CCCCO3)nc2)n1. The van der Waals surface area contributed by atoms with Crippen molar-refractivity contribution in [2.75, 3.05) is 19.8 Å². The van der Waals surface area contributed by atoms with Crippen LogP contribution in [0.15, 0.2) is 48.8 Å². The van der Waals surface area contributed by atoms with Crippen LogP contribution < -0.4 is 4.74 Å². The zero-order valence-electron chi connectivity index (χ0n) is 18.3. The summed E-state index contributed by atoms with van der Waals surface area (Å²) in [6, 6.07) is 11.2. The number of aryl methyl sites for hydroxylation is 1. The van der Waals surface area contributed by atoms with Crippen molar-refractivity contribution in [3.05, 3.63) is 60.2 Å². The number of aromatic nitrogens is 4. The van der Waals surface area contributed by atoms with Gasteiger partial charge in [-0.2, -0.15) is 5.10 Å². The first kappa shape index (κ1) is 22.0. The molecule has 0 spiro atoms. The van der Waals surface area contributed by atoms with Crippen LogP contribution in [0.4, 0.5) is 0 Å². The fourth-order valence-electron chi connectivity index (χ4n) is 3.66. The molecule has 0 N–H and O–H groups in total. The minimum Gasteiger partial charge on any atom is -0.492 e. The molecule has 32 heavy (non-hydrogen) atoms. The molecule has 1 aliphatic rings. The third-order valence-electron chi connectivity index (χ3n) is 5.23. The Kier molecular flexibility index (Phi) is 7.45. The second-order valence-corrected chi connectivity index (χ2v) is 7.55. The average Bonchev–Trinajstić information content (AvgIpc) is 3.33. The van der Waals surface area contributed by atoms with Gasteiger partial charge in [0.15, 0.2) is 6.23 Å². The number of hydrogen-bond donors (Lipinski definition) is 0. The van der Waals surface area contributed by atoms with Crippen LogP contribution in [0.2, 0.25) is 0 Å². The van der Waals surface area contributed by atoms with Gasteiger partial charge in [0.1, 0.15) is 11.4 Å². The number of carbonyl (C=O) groups excluding carboxylic acids is 1. The summed E-state index contributed by atoms with van der Waals surface area (Å²) in [5.41, 5.74) is 2.95. The topological polar surface area (TPSA) is 88.4 Å². The molecule has 0 aliphatic carbocycles. The Labute approximate surface area is 187 Å². The van der Waals surface area contributed by atoms with Gasteiger partial charge >= 0.3 is 5.97 Å². The van der Waals surface area contributed by atoms with Crippen molar-refractivity contribution in [1.29, 1.82) is 0 Å². The summed E-state index contributed by atoms with van der Waals surface area (Å²) in [6.45, 7) is 3.41. The summed E-state index contributed by atoms with van der Waals surface area (Å²) in [6.07, 6.45) is 8.18. The molecule has 0 amide bonds. The van der Waals surface area contributed by atoms with Crippen LogP contribution >= 0.6 is 0 Å². The van der Waals surface area contributed by atoms with Crippen LogP contribution in [-0.2, 0) is 15.9 Å². The molecular formula is C24H28N4O4. The smallest absolute Gasteiger partial charge is 0.356 e. The molecule has 8 heteroatoms. The summed E-state index contributed by atoms with van der Waals surface area (Å²) < 4.78 is 18.6. The Balaban J connectivity index is 1.29. The monoisotopic (exact) mass is 436 g/mol. The summed E-state index contributed by atoms with van der Waals surface area (Å²) in [4.78, 5) is 20.7. The molecular weight excluding hydrogens is 408 g/mol. The van der Waals surface area contributed by atoms with E-state index in [1.54, 1.807) is 25.4 Å². The normalized spacial score (nSPS) is 16.0. The van der Waals surface area contributed by atoms with Crippen molar-refractivity contribution < 1.29 is 19.0 Å². The zero-order valence-corrected chi connectivity index (χ0v) is 18.3. The molecule has 1 atom stereocenters. The number of ether oxygens (including phenoxy) is 3. The standard InChI is InChI=1S/C24H28N4O4/c1-2-30-24(29)21-9-5-7-18(27-21)8-6-16-31-19-11-12-20(25-17-19)22-13-14-26-28(22)23-10-3-4-15-32-23/h5,7,9,11-14,17,23H,2-4,6,8,10,15-16H2,1H3. The second-order valence-electron chi connectivity index (χ2n) is 7.55. The van der Waals surface area contributed by atoms with Crippen LogP contribution in [-0.4, -0.2) is 45.5 Å². The van der Waals surface area contributed by atoms with E-state index in [-0.39, 0.29) is 6.23 Å². The van der Waals surface area contributed by atoms with Gasteiger partial charge in [-0.25, -0.2) is 14.5 Å². The van der Waals surface area contributed by atoms with Gasteiger partial charge < -0.3 is 14.2 Å². The molecule has 0 radical (unpaired) electrons. The fraction of sp³-hybridized carbons (Fsp3) is 0.417. The highest BCUT2D eigenvalue weighted by atomic mass is 16.5. The van der Waals surface area contributed by atoms with Gasteiger partial charge in [-0.15, -0.1) is 0 Å². The molecule has 3 aromatic heterocycles. The number of esters is 1. The largest absolute Gasteiger partial charge is 0.492 e. The van der Waals surface area contributed by atoms with Crippen molar-refractivity contribution in [3.63, 3.8) is 0 Å². The van der Waals surface area contributed by atoms with Crippen LogP contribution in [0.3, 0.4) is 0 Å². The molecule has 1 fully saturated rings. The van der Waals surface area contributed by atoms with Gasteiger partial charge in [0, 0.05) is 18.5 Å². The van der Waals surface area contributed by atoms with E-state index in [1.165, 1.54) is 0 Å². The molecule has 1 unspecified atom stereocenters. The molecule has 0 saturated carbocycles. The van der Waals surface area contributed by atoms with E-state index in [0.29, 0.717) is 31.1 Å². The van der Waals surface area contributed by atoms with Crippen molar-refractivity contribution in [2.45, 2.75) is 45.3 Å². The molecule has 4 heterocycles. The third-order valence-corrected chi connectivity index (χ3v) is 5.23. The lowest BCUT2D eigenvalue weighted by atomic mass is 10.2. The number of pyridine rings is 2. The number of hydrogen-bond acceptors (Lipinski definition) is 7. The van der Waals surface area contributed by atoms with E-state index in [4.69, 9.17) is 14.2 Å². The van der Waals surface area contributed by atoms with Gasteiger partial charge in [0.05, 0.1) is 30.8 Å². The quantitative estimate of drug-likeness (QED) is 0.366. The maximum absolute atomic E-state index is 11.8. The zero-order chi connectivity index (χ0) is 22.2. The van der Waals surface area contributed by atoms with Gasteiger partial charge in [-0.05, 0) is 69.4 Å². The van der Waals surface area contributed by atoms with E-state index >= 15 is 0 Å². The van der Waals surface area contributed by atoms with Gasteiger partial charge in [0.2, 0.25) is 0 Å². The lowest BCUT2D eigenvalue weighted by molar-refractivity contribution is -0.0384. The minimum atomic E-state index is -0.395. The van der Waals surface area contributed by atoms with Gasteiger partial charge in [-0.1, -0.05) is 6.07 Å². The van der Waals surface area contributed by atoms with Crippen LogP contribution in [0.5, 0.6) is 5.75 Å². The molecule has 4 rings (SSSR count). The van der Waals surface area contributed by atoms with Crippen molar-refractivity contribution in [1.82, 2.24) is 19.7 Å². The maximum atomic E-state index is 11.8. The molecule has 0 aromatic carbocycles. The molecule has 8 nitrogen and oxygen atoms in total. The first-order valence-corrected chi connectivity index (χ1v) is 11.1. The highest BCUT2D eigenvalue weighted by molar-refractivity contribution is 5.87. The summed E-state index contributed by atoms with van der Waals surface area (Å²) in [5, 5.41) is 4.44. The molecule has 168 valence electrons. The van der Waals surface area contributed by atoms with Gasteiger partial charge in [0.25, 0.3) is 0 Å². The maximum Gasteiger partial charge on any atom is 0.356 e. The lowest BCUT2D eigenvalue weighted by Gasteiger charge is -2.24. The first-order valence-electron chi connectivity index (χ1n) is 11.1. The van der Waals surface area contributed by atoms with Crippen molar-refractivity contribution in [2.24, 2.45) is 0 Å². The van der Waals surface area contributed by atoms with Gasteiger partial charge in [-0.3, -0.25) is 4.98 Å². The fourth-order valence-corrected chi connectivity index (χ4v) is 3.66. The van der Waals surface area contributed by atoms with Crippen molar-refractivity contribution in [3.8, 4) is 17.1 Å². The molecule has 0 bridgehead atoms. The van der Waals surface area contributed by atoms with Crippen LogP contribution in [0.1, 0.15) is 55.0 Å². The number of rotatable bonds is 9. The number of nitrogens with zero attached hydrogens (tertiary/aromatic N) is 4. The van der Waals surface area contributed by atoms with E-state index in [9.17, 15) is 4.79 Å². The van der Waals surface area contributed by atoms with E-state index in [2.05, 4.69) is 15.1 Å². The Hall–Kier alpha value is -3.26. The summed E-state index contributed by atoms with van der Waals surface area (Å²) >= 11 is 0. The van der Waals surface area contributed by atoms with E-state index < -0.39 is 5.97 Å². The van der Waals surface area contributed by atoms with E-state index in [0.717, 1.165) is 49.4 Å². The Morgan fingerprint density at radius 3 is 2.94 bits per heavy atom. The Bertz CT molecular complexity index is 1010. The van der Waals surface area contributed by atoms with Crippen LogP contribution in [0, 0.1) is 0 Å². The van der Waals surface area contributed by atoms with Crippen LogP contribution in [0.25, 0.3) is 11.4 Å². The molecule has 1 aliphatic heterocycles. The predicted octanol–water partition coefficient (Wildman–Crippen LogP) is 4.23.